The fraction of sp³-hybridized carbons (Fsp3) is 0.444. The quantitative estimate of drug-likeness (QED) is 0.619. The Balaban J connectivity index is 2.69. The number of rotatable bonds is 3. The molecule has 1 atom stereocenters. The second-order valence-corrected chi connectivity index (χ2v) is 5.47. The number of carbonyl (C=O) groups is 1. The second-order valence-electron chi connectivity index (χ2n) is 2.74. The molecule has 0 radical (unpaired) electrons. The summed E-state index contributed by atoms with van der Waals surface area (Å²) in [4.78, 5) is 13.4. The molecule has 1 rings (SSSR count). The van der Waals surface area contributed by atoms with Crippen molar-refractivity contribution in [2.75, 3.05) is 7.11 Å². The number of alkyl halides is 1. The minimum absolute atomic E-state index is 0.251. The molecule has 1 aromatic heterocycles. The minimum Gasteiger partial charge on any atom is -0.465 e. The van der Waals surface area contributed by atoms with E-state index in [1.807, 2.05) is 6.07 Å². The van der Waals surface area contributed by atoms with Crippen LogP contribution in [0.5, 0.6) is 0 Å². The van der Waals surface area contributed by atoms with Crippen molar-refractivity contribution in [1.82, 2.24) is 0 Å². The molecule has 0 bridgehead atoms. The first-order chi connectivity index (χ1) is 6.13. The third-order valence-corrected chi connectivity index (χ3v) is 2.94. The van der Waals surface area contributed by atoms with Gasteiger partial charge in [0.2, 0.25) is 0 Å². The van der Waals surface area contributed by atoms with Crippen LogP contribution in [0.2, 0.25) is 0 Å². The van der Waals surface area contributed by atoms with Gasteiger partial charge in [-0.05, 0) is 18.6 Å². The molecular formula is C9H11BrO2S. The van der Waals surface area contributed by atoms with Gasteiger partial charge in [0.1, 0.15) is 4.88 Å². The van der Waals surface area contributed by atoms with Crippen LogP contribution in [0.15, 0.2) is 12.1 Å². The molecule has 1 aromatic rings. The Bertz CT molecular complexity index is 294. The Morgan fingerprint density at radius 3 is 2.92 bits per heavy atom. The maximum absolute atomic E-state index is 11.1. The smallest absolute Gasteiger partial charge is 0.348 e. The van der Waals surface area contributed by atoms with E-state index < -0.39 is 0 Å². The first-order valence-electron chi connectivity index (χ1n) is 3.94. The van der Waals surface area contributed by atoms with Gasteiger partial charge < -0.3 is 4.74 Å². The topological polar surface area (TPSA) is 26.3 Å². The van der Waals surface area contributed by atoms with Gasteiger partial charge in [-0.2, -0.15) is 0 Å². The largest absolute Gasteiger partial charge is 0.465 e. The zero-order valence-electron chi connectivity index (χ0n) is 7.54. The van der Waals surface area contributed by atoms with Gasteiger partial charge in [-0.3, -0.25) is 0 Å². The molecule has 1 heterocycles. The van der Waals surface area contributed by atoms with Crippen molar-refractivity contribution >= 4 is 33.2 Å². The molecule has 0 N–H and O–H groups in total. The molecule has 0 aliphatic rings. The zero-order chi connectivity index (χ0) is 9.84. The van der Waals surface area contributed by atoms with Crippen LogP contribution < -0.4 is 0 Å². The number of methoxy groups -OCH3 is 1. The molecule has 0 fully saturated rings. The molecule has 0 aliphatic carbocycles. The van der Waals surface area contributed by atoms with Gasteiger partial charge in [0.05, 0.1) is 7.11 Å². The maximum Gasteiger partial charge on any atom is 0.348 e. The van der Waals surface area contributed by atoms with Gasteiger partial charge in [-0.15, -0.1) is 11.3 Å². The van der Waals surface area contributed by atoms with Gasteiger partial charge in [-0.25, -0.2) is 4.79 Å². The highest BCUT2D eigenvalue weighted by Crippen LogP contribution is 2.20. The van der Waals surface area contributed by atoms with Gasteiger partial charge >= 0.3 is 5.97 Å². The molecule has 1 unspecified atom stereocenters. The molecule has 2 nitrogen and oxygen atoms in total. The molecule has 0 aromatic carbocycles. The van der Waals surface area contributed by atoms with Gasteiger partial charge in [0.25, 0.3) is 0 Å². The highest BCUT2D eigenvalue weighted by atomic mass is 79.9. The van der Waals surface area contributed by atoms with E-state index in [-0.39, 0.29) is 5.97 Å². The summed E-state index contributed by atoms with van der Waals surface area (Å²) >= 11 is 4.95. The third-order valence-electron chi connectivity index (χ3n) is 1.53. The van der Waals surface area contributed by atoms with Crippen LogP contribution in [-0.2, 0) is 11.2 Å². The molecule has 0 spiro atoms. The molecule has 0 saturated carbocycles. The SMILES string of the molecule is COC(=O)c1ccc(CC(C)Br)s1. The zero-order valence-corrected chi connectivity index (χ0v) is 9.94. The highest BCUT2D eigenvalue weighted by Gasteiger charge is 2.09. The molecule has 13 heavy (non-hydrogen) atoms. The Morgan fingerprint density at radius 1 is 1.69 bits per heavy atom. The number of hydrogen-bond donors (Lipinski definition) is 0. The molecule has 0 amide bonds. The van der Waals surface area contributed by atoms with Crippen LogP contribution in [0.4, 0.5) is 0 Å². The molecule has 0 saturated heterocycles. The lowest BCUT2D eigenvalue weighted by Gasteiger charge is -1.97. The van der Waals surface area contributed by atoms with E-state index >= 15 is 0 Å². The number of carbonyl (C=O) groups excluding carboxylic acids is 1. The van der Waals surface area contributed by atoms with Crippen molar-refractivity contribution in [3.05, 3.63) is 21.9 Å². The Hall–Kier alpha value is -0.350. The van der Waals surface area contributed by atoms with E-state index in [1.165, 1.54) is 23.3 Å². The fourth-order valence-corrected chi connectivity index (χ4v) is 2.59. The number of halogens is 1. The monoisotopic (exact) mass is 262 g/mol. The summed E-state index contributed by atoms with van der Waals surface area (Å²) in [7, 11) is 1.40. The van der Waals surface area contributed by atoms with E-state index in [9.17, 15) is 4.79 Å². The van der Waals surface area contributed by atoms with Gasteiger partial charge in [0.15, 0.2) is 0 Å². The van der Waals surface area contributed by atoms with Crippen LogP contribution >= 0.6 is 27.3 Å². The Labute approximate surface area is 90.0 Å². The van der Waals surface area contributed by atoms with Crippen molar-refractivity contribution < 1.29 is 9.53 Å². The first-order valence-corrected chi connectivity index (χ1v) is 5.67. The summed E-state index contributed by atoms with van der Waals surface area (Å²) in [6.45, 7) is 2.08. The standard InChI is InChI=1S/C9H11BrO2S/c1-6(10)5-7-3-4-8(13-7)9(11)12-2/h3-4,6H,5H2,1-2H3. The van der Waals surface area contributed by atoms with Gasteiger partial charge in [-0.1, -0.05) is 22.9 Å². The summed E-state index contributed by atoms with van der Waals surface area (Å²) < 4.78 is 4.61. The van der Waals surface area contributed by atoms with Crippen LogP contribution in [0.3, 0.4) is 0 Å². The summed E-state index contributed by atoms with van der Waals surface area (Å²) in [6.07, 6.45) is 0.946. The normalized spacial score (nSPS) is 12.5. The van der Waals surface area contributed by atoms with Crippen molar-refractivity contribution in [2.45, 2.75) is 18.2 Å². The number of hydrogen-bond acceptors (Lipinski definition) is 3. The van der Waals surface area contributed by atoms with Crippen molar-refractivity contribution in [3.8, 4) is 0 Å². The van der Waals surface area contributed by atoms with Crippen molar-refractivity contribution in [2.24, 2.45) is 0 Å². The van der Waals surface area contributed by atoms with Crippen molar-refractivity contribution in [1.29, 1.82) is 0 Å². The number of esters is 1. The van der Waals surface area contributed by atoms with Crippen LogP contribution in [0.1, 0.15) is 21.5 Å². The van der Waals surface area contributed by atoms with E-state index in [0.29, 0.717) is 9.70 Å². The summed E-state index contributed by atoms with van der Waals surface area (Å²) in [5, 5.41) is 0. The van der Waals surface area contributed by atoms with Crippen LogP contribution in [0.25, 0.3) is 0 Å². The predicted octanol–water partition coefficient (Wildman–Crippen LogP) is 2.86. The average molecular weight is 263 g/mol. The number of ether oxygens (including phenoxy) is 1. The first kappa shape index (κ1) is 10.7. The summed E-state index contributed by atoms with van der Waals surface area (Å²) in [6, 6.07) is 3.77. The number of thiophene rings is 1. The lowest BCUT2D eigenvalue weighted by molar-refractivity contribution is 0.0606. The lowest BCUT2D eigenvalue weighted by atomic mass is 10.3. The fourth-order valence-electron chi connectivity index (χ4n) is 0.975. The maximum atomic E-state index is 11.1. The van der Waals surface area contributed by atoms with E-state index in [0.717, 1.165) is 6.42 Å². The van der Waals surface area contributed by atoms with E-state index in [1.54, 1.807) is 6.07 Å². The van der Waals surface area contributed by atoms with Crippen LogP contribution in [0, 0.1) is 0 Å². The summed E-state index contributed by atoms with van der Waals surface area (Å²) in [5.74, 6) is -0.251. The third kappa shape index (κ3) is 3.12. The van der Waals surface area contributed by atoms with Gasteiger partial charge in [0, 0.05) is 9.70 Å². The second kappa shape index (κ2) is 4.77. The minimum atomic E-state index is -0.251. The molecule has 72 valence electrons. The van der Waals surface area contributed by atoms with E-state index in [4.69, 9.17) is 0 Å². The Morgan fingerprint density at radius 2 is 2.38 bits per heavy atom. The highest BCUT2D eigenvalue weighted by molar-refractivity contribution is 9.09. The molecule has 4 heteroatoms. The van der Waals surface area contributed by atoms with Crippen LogP contribution in [-0.4, -0.2) is 17.9 Å². The summed E-state index contributed by atoms with van der Waals surface area (Å²) in [5.41, 5.74) is 0. The lowest BCUT2D eigenvalue weighted by Crippen LogP contribution is -1.97. The van der Waals surface area contributed by atoms with E-state index in [2.05, 4.69) is 27.6 Å². The Kier molecular flexibility index (Phi) is 3.93. The predicted molar refractivity (Wildman–Crippen MR) is 57.8 cm³/mol. The average Bonchev–Trinajstić information content (AvgIpc) is 2.50. The van der Waals surface area contributed by atoms with Crippen molar-refractivity contribution in [3.63, 3.8) is 0 Å². The molecular weight excluding hydrogens is 252 g/mol. The molecule has 0 aliphatic heterocycles.